The van der Waals surface area contributed by atoms with Crippen LogP contribution in [-0.4, -0.2) is 17.4 Å². The standard InChI is InChI=1S/C11H8O.C2H4O2.K.H/c12-8-10-6-3-5-9-4-1-2-7-11(9)10;1-2(3)4;;/h1-8H;1H3,(H,3,4);;/q;;+1;-1. The van der Waals surface area contributed by atoms with Gasteiger partial charge in [-0.1, -0.05) is 42.5 Å². The number of carboxylic acid groups (broad SMARTS) is 1. The Kier molecular flexibility index (Phi) is 8.29. The summed E-state index contributed by atoms with van der Waals surface area (Å²) in [6, 6.07) is 13.6. The molecule has 3 nitrogen and oxygen atoms in total. The quantitative estimate of drug-likeness (QED) is 0.571. The number of carboxylic acids is 1. The summed E-state index contributed by atoms with van der Waals surface area (Å²) in [4.78, 5) is 19.6. The molecule has 4 heteroatoms. The van der Waals surface area contributed by atoms with Crippen LogP contribution in [0.4, 0.5) is 0 Å². The van der Waals surface area contributed by atoms with Crippen molar-refractivity contribution < 1.29 is 67.5 Å². The summed E-state index contributed by atoms with van der Waals surface area (Å²) in [6.45, 7) is 1.08. The molecule has 0 saturated carbocycles. The van der Waals surface area contributed by atoms with Gasteiger partial charge in [-0.15, -0.1) is 0 Å². The minimum Gasteiger partial charge on any atom is -1.00 e. The Morgan fingerprint density at radius 3 is 2.29 bits per heavy atom. The van der Waals surface area contributed by atoms with Crippen molar-refractivity contribution in [3.05, 3.63) is 48.0 Å². The normalized spacial score (nSPS) is 8.53. The molecule has 0 saturated heterocycles. The number of aldehydes is 1. The molecule has 0 heterocycles. The second kappa shape index (κ2) is 8.55. The van der Waals surface area contributed by atoms with Crippen molar-refractivity contribution in [3.8, 4) is 0 Å². The van der Waals surface area contributed by atoms with Gasteiger partial charge in [0.1, 0.15) is 0 Å². The molecule has 0 bridgehead atoms. The van der Waals surface area contributed by atoms with E-state index in [0.29, 0.717) is 0 Å². The fraction of sp³-hybridized carbons (Fsp3) is 0.0769. The Balaban J connectivity index is 0. The maximum Gasteiger partial charge on any atom is 1.00 e. The number of aliphatic carboxylic acids is 1. The minimum absolute atomic E-state index is 0. The first kappa shape index (κ1) is 16.5. The first-order chi connectivity index (χ1) is 7.65. The first-order valence-corrected chi connectivity index (χ1v) is 4.77. The summed E-state index contributed by atoms with van der Waals surface area (Å²) < 4.78 is 0. The third-order valence-electron chi connectivity index (χ3n) is 1.95. The van der Waals surface area contributed by atoms with Crippen LogP contribution in [0.25, 0.3) is 10.8 Å². The molecule has 0 aromatic heterocycles. The van der Waals surface area contributed by atoms with E-state index in [9.17, 15) is 4.79 Å². The van der Waals surface area contributed by atoms with E-state index in [1.807, 2.05) is 42.5 Å². The average molecular weight is 256 g/mol. The van der Waals surface area contributed by atoms with Crippen LogP contribution >= 0.6 is 0 Å². The second-order valence-electron chi connectivity index (χ2n) is 3.21. The fourth-order valence-electron chi connectivity index (χ4n) is 1.35. The smallest absolute Gasteiger partial charge is 1.00 e. The van der Waals surface area contributed by atoms with Gasteiger partial charge < -0.3 is 6.53 Å². The summed E-state index contributed by atoms with van der Waals surface area (Å²) in [5.74, 6) is -0.833. The summed E-state index contributed by atoms with van der Waals surface area (Å²) in [5, 5.41) is 9.55. The molecule has 84 valence electrons. The number of hydrogen-bond acceptors (Lipinski definition) is 2. The SMILES string of the molecule is CC(=O)O.O=Cc1cccc2ccccc12.[H-].[K+]. The van der Waals surface area contributed by atoms with Crippen molar-refractivity contribution in [2.45, 2.75) is 6.92 Å². The van der Waals surface area contributed by atoms with Crippen LogP contribution in [0.5, 0.6) is 0 Å². The monoisotopic (exact) mass is 256 g/mol. The van der Waals surface area contributed by atoms with Crippen LogP contribution in [0.1, 0.15) is 18.7 Å². The zero-order chi connectivity index (χ0) is 12.0. The Morgan fingerprint density at radius 1 is 1.18 bits per heavy atom. The van der Waals surface area contributed by atoms with Crippen LogP contribution < -0.4 is 51.4 Å². The van der Waals surface area contributed by atoms with Gasteiger partial charge in [-0.3, -0.25) is 9.59 Å². The van der Waals surface area contributed by atoms with Gasteiger partial charge in [-0.2, -0.15) is 0 Å². The molecular weight excluding hydrogens is 243 g/mol. The van der Waals surface area contributed by atoms with E-state index in [1.54, 1.807) is 0 Å². The van der Waals surface area contributed by atoms with Gasteiger partial charge >= 0.3 is 51.4 Å². The average Bonchev–Trinajstić information content (AvgIpc) is 2.27. The van der Waals surface area contributed by atoms with Crippen molar-refractivity contribution in [2.75, 3.05) is 0 Å². The number of carbonyl (C=O) groups excluding carboxylic acids is 1. The molecule has 1 N–H and O–H groups in total. The Bertz CT molecular complexity index is 505. The molecule has 2 aromatic rings. The number of carbonyl (C=O) groups is 2. The van der Waals surface area contributed by atoms with E-state index in [2.05, 4.69) is 0 Å². The van der Waals surface area contributed by atoms with Gasteiger partial charge in [0.25, 0.3) is 5.97 Å². The van der Waals surface area contributed by atoms with Crippen LogP contribution in [0.15, 0.2) is 42.5 Å². The maximum absolute atomic E-state index is 10.6. The van der Waals surface area contributed by atoms with Gasteiger partial charge in [0.05, 0.1) is 0 Å². The molecule has 2 rings (SSSR count). The van der Waals surface area contributed by atoms with Crippen molar-refractivity contribution in [1.29, 1.82) is 0 Å². The van der Waals surface area contributed by atoms with Gasteiger partial charge in [-0.25, -0.2) is 0 Å². The largest absolute Gasteiger partial charge is 1.00 e. The third-order valence-corrected chi connectivity index (χ3v) is 1.95. The Labute approximate surface area is 144 Å². The molecule has 0 unspecified atom stereocenters. The molecular formula is C13H13KO3. The van der Waals surface area contributed by atoms with Gasteiger partial charge in [0.15, 0.2) is 6.29 Å². The summed E-state index contributed by atoms with van der Waals surface area (Å²) in [5.41, 5.74) is 0.758. The van der Waals surface area contributed by atoms with Crippen LogP contribution in [-0.2, 0) is 4.79 Å². The predicted molar refractivity (Wildman–Crippen MR) is 63.8 cm³/mol. The van der Waals surface area contributed by atoms with Crippen molar-refractivity contribution >= 4 is 23.0 Å². The molecule has 0 aliphatic carbocycles. The van der Waals surface area contributed by atoms with Crippen molar-refractivity contribution in [2.24, 2.45) is 0 Å². The van der Waals surface area contributed by atoms with Crippen molar-refractivity contribution in [3.63, 3.8) is 0 Å². The Hall–Kier alpha value is -0.524. The van der Waals surface area contributed by atoms with Gasteiger partial charge in [-0.05, 0) is 10.8 Å². The van der Waals surface area contributed by atoms with E-state index in [0.717, 1.165) is 29.5 Å². The number of benzene rings is 2. The van der Waals surface area contributed by atoms with Crippen molar-refractivity contribution in [1.82, 2.24) is 0 Å². The third kappa shape index (κ3) is 5.56. The molecule has 0 amide bonds. The molecule has 0 radical (unpaired) electrons. The van der Waals surface area contributed by atoms with Crippen LogP contribution in [0, 0.1) is 0 Å². The molecule has 0 spiro atoms. The second-order valence-corrected chi connectivity index (χ2v) is 3.21. The van der Waals surface area contributed by atoms with E-state index >= 15 is 0 Å². The van der Waals surface area contributed by atoms with E-state index in [1.165, 1.54) is 0 Å². The van der Waals surface area contributed by atoms with Crippen LogP contribution in [0.3, 0.4) is 0 Å². The van der Waals surface area contributed by atoms with E-state index in [4.69, 9.17) is 9.90 Å². The van der Waals surface area contributed by atoms with E-state index in [-0.39, 0.29) is 52.8 Å². The maximum atomic E-state index is 10.6. The topological polar surface area (TPSA) is 54.4 Å². The van der Waals surface area contributed by atoms with Gasteiger partial charge in [0.2, 0.25) is 0 Å². The molecule has 0 fully saturated rings. The number of rotatable bonds is 1. The van der Waals surface area contributed by atoms with Crippen LogP contribution in [0.2, 0.25) is 0 Å². The molecule has 2 aromatic carbocycles. The van der Waals surface area contributed by atoms with E-state index < -0.39 is 5.97 Å². The Morgan fingerprint density at radius 2 is 1.71 bits per heavy atom. The molecule has 0 aliphatic heterocycles. The zero-order valence-corrected chi connectivity index (χ0v) is 13.0. The summed E-state index contributed by atoms with van der Waals surface area (Å²) in [6.07, 6.45) is 0.891. The summed E-state index contributed by atoms with van der Waals surface area (Å²) >= 11 is 0. The summed E-state index contributed by atoms with van der Waals surface area (Å²) in [7, 11) is 0. The first-order valence-electron chi connectivity index (χ1n) is 4.77. The number of hydrogen-bond donors (Lipinski definition) is 1. The predicted octanol–water partition coefficient (Wildman–Crippen LogP) is -0.140. The molecule has 17 heavy (non-hydrogen) atoms. The molecule has 0 atom stereocenters. The fourth-order valence-corrected chi connectivity index (χ4v) is 1.35. The van der Waals surface area contributed by atoms with Gasteiger partial charge in [0, 0.05) is 12.5 Å². The minimum atomic E-state index is -0.833. The number of fused-ring (bicyclic) bond motifs is 1. The molecule has 0 aliphatic rings. The zero-order valence-electron chi connectivity index (χ0n) is 10.9.